The zero-order valence-electron chi connectivity index (χ0n) is 9.61. The highest BCUT2D eigenvalue weighted by molar-refractivity contribution is 5.81. The number of ether oxygens (including phenoxy) is 1. The van der Waals surface area contributed by atoms with E-state index < -0.39 is 11.6 Å². The highest BCUT2D eigenvalue weighted by atomic mass is 19.1. The Morgan fingerprint density at radius 2 is 1.83 bits per heavy atom. The number of benzene rings is 2. The fourth-order valence-corrected chi connectivity index (χ4v) is 1.71. The number of rotatable bonds is 3. The van der Waals surface area contributed by atoms with Crippen LogP contribution >= 0.6 is 0 Å². The van der Waals surface area contributed by atoms with Crippen LogP contribution < -0.4 is 4.74 Å². The van der Waals surface area contributed by atoms with Gasteiger partial charge in [0, 0.05) is 16.7 Å². The van der Waals surface area contributed by atoms with Crippen molar-refractivity contribution in [3.8, 4) is 16.9 Å². The molecule has 0 heterocycles. The van der Waals surface area contributed by atoms with E-state index in [1.54, 1.807) is 12.1 Å². The maximum atomic E-state index is 13.7. The summed E-state index contributed by atoms with van der Waals surface area (Å²) in [5, 5.41) is 0. The summed E-state index contributed by atoms with van der Waals surface area (Å²) in [6, 6.07) is 7.70. The van der Waals surface area contributed by atoms with E-state index in [0.717, 1.165) is 18.2 Å². The standard InChI is InChI=1S/C14H10F2O2/c1-18-14-5-2-9(8-17)6-12(14)11-7-10(15)3-4-13(11)16/h2-8H,1H3. The molecule has 18 heavy (non-hydrogen) atoms. The minimum atomic E-state index is -0.572. The predicted octanol–water partition coefficient (Wildman–Crippen LogP) is 3.45. The van der Waals surface area contributed by atoms with Gasteiger partial charge in [-0.3, -0.25) is 4.79 Å². The van der Waals surface area contributed by atoms with Crippen LogP contribution in [0.2, 0.25) is 0 Å². The smallest absolute Gasteiger partial charge is 0.150 e. The number of halogens is 2. The number of hydrogen-bond acceptors (Lipinski definition) is 2. The first-order valence-corrected chi connectivity index (χ1v) is 5.24. The van der Waals surface area contributed by atoms with E-state index in [0.29, 0.717) is 23.2 Å². The second-order valence-electron chi connectivity index (χ2n) is 3.70. The van der Waals surface area contributed by atoms with Gasteiger partial charge in [0.15, 0.2) is 0 Å². The predicted molar refractivity (Wildman–Crippen MR) is 63.7 cm³/mol. The first-order valence-electron chi connectivity index (χ1n) is 5.24. The molecule has 0 bridgehead atoms. The molecule has 0 aromatic heterocycles. The second kappa shape index (κ2) is 4.96. The van der Waals surface area contributed by atoms with Crippen molar-refractivity contribution in [1.82, 2.24) is 0 Å². The summed E-state index contributed by atoms with van der Waals surface area (Å²) in [5.74, 6) is -0.743. The van der Waals surface area contributed by atoms with Gasteiger partial charge in [0.05, 0.1) is 7.11 Å². The molecule has 0 saturated heterocycles. The Hall–Kier alpha value is -2.23. The lowest BCUT2D eigenvalue weighted by Gasteiger charge is -2.10. The molecule has 0 amide bonds. The van der Waals surface area contributed by atoms with Crippen molar-refractivity contribution < 1.29 is 18.3 Å². The zero-order valence-corrected chi connectivity index (χ0v) is 9.61. The van der Waals surface area contributed by atoms with Gasteiger partial charge in [-0.15, -0.1) is 0 Å². The van der Waals surface area contributed by atoms with Gasteiger partial charge in [-0.2, -0.15) is 0 Å². The van der Waals surface area contributed by atoms with E-state index in [2.05, 4.69) is 0 Å². The van der Waals surface area contributed by atoms with Crippen LogP contribution in [0.15, 0.2) is 36.4 Å². The van der Waals surface area contributed by atoms with Crippen molar-refractivity contribution in [1.29, 1.82) is 0 Å². The molecule has 0 saturated carbocycles. The van der Waals surface area contributed by atoms with Crippen LogP contribution in [0.1, 0.15) is 10.4 Å². The lowest BCUT2D eigenvalue weighted by atomic mass is 10.0. The summed E-state index contributed by atoms with van der Waals surface area (Å²) in [6.07, 6.45) is 0.639. The van der Waals surface area contributed by atoms with Gasteiger partial charge in [0.25, 0.3) is 0 Å². The van der Waals surface area contributed by atoms with E-state index >= 15 is 0 Å². The van der Waals surface area contributed by atoms with Crippen LogP contribution in [0.4, 0.5) is 8.78 Å². The molecule has 0 fully saturated rings. The summed E-state index contributed by atoms with van der Waals surface area (Å²) in [6.45, 7) is 0. The molecule has 2 aromatic carbocycles. The summed E-state index contributed by atoms with van der Waals surface area (Å²) in [5.41, 5.74) is 0.782. The third-order valence-corrected chi connectivity index (χ3v) is 2.58. The van der Waals surface area contributed by atoms with Gasteiger partial charge < -0.3 is 4.74 Å². The van der Waals surface area contributed by atoms with E-state index in [9.17, 15) is 13.6 Å². The fraction of sp³-hybridized carbons (Fsp3) is 0.0714. The molecule has 0 radical (unpaired) electrons. The summed E-state index contributed by atoms with van der Waals surface area (Å²) in [7, 11) is 1.43. The van der Waals surface area contributed by atoms with Gasteiger partial charge in [-0.05, 0) is 36.4 Å². The molecule has 92 valence electrons. The summed E-state index contributed by atoms with van der Waals surface area (Å²) < 4.78 is 32.0. The van der Waals surface area contributed by atoms with Gasteiger partial charge >= 0.3 is 0 Å². The molecule has 4 heteroatoms. The van der Waals surface area contributed by atoms with Crippen molar-refractivity contribution in [2.24, 2.45) is 0 Å². The lowest BCUT2D eigenvalue weighted by Crippen LogP contribution is -1.93. The molecule has 0 unspecified atom stereocenters. The second-order valence-corrected chi connectivity index (χ2v) is 3.70. The largest absolute Gasteiger partial charge is 0.496 e. The quantitative estimate of drug-likeness (QED) is 0.777. The molecule has 0 N–H and O–H groups in total. The first kappa shape index (κ1) is 12.2. The van der Waals surface area contributed by atoms with Crippen LogP contribution in [0.5, 0.6) is 5.75 Å². The van der Waals surface area contributed by atoms with Crippen LogP contribution in [0.3, 0.4) is 0 Å². The van der Waals surface area contributed by atoms with Crippen LogP contribution in [-0.4, -0.2) is 13.4 Å². The number of carbonyl (C=O) groups is 1. The Labute approximate surface area is 103 Å². The number of carbonyl (C=O) groups excluding carboxylic acids is 1. The Kier molecular flexibility index (Phi) is 3.37. The Morgan fingerprint density at radius 1 is 1.06 bits per heavy atom. The number of methoxy groups -OCH3 is 1. The zero-order chi connectivity index (χ0) is 13.1. The molecule has 0 spiro atoms. The molecule has 0 atom stereocenters. The maximum Gasteiger partial charge on any atom is 0.150 e. The third-order valence-electron chi connectivity index (χ3n) is 2.58. The van der Waals surface area contributed by atoms with E-state index in [1.165, 1.54) is 13.2 Å². The van der Waals surface area contributed by atoms with Crippen molar-refractivity contribution in [2.45, 2.75) is 0 Å². The molecule has 2 aromatic rings. The fourth-order valence-electron chi connectivity index (χ4n) is 1.71. The number of hydrogen-bond donors (Lipinski definition) is 0. The normalized spacial score (nSPS) is 10.2. The van der Waals surface area contributed by atoms with Crippen LogP contribution in [0.25, 0.3) is 11.1 Å². The van der Waals surface area contributed by atoms with E-state index in [-0.39, 0.29) is 5.56 Å². The van der Waals surface area contributed by atoms with Crippen LogP contribution in [0, 0.1) is 11.6 Å². The monoisotopic (exact) mass is 248 g/mol. The SMILES string of the molecule is COc1ccc(C=O)cc1-c1cc(F)ccc1F. The molecule has 0 aliphatic carbocycles. The van der Waals surface area contributed by atoms with Crippen molar-refractivity contribution >= 4 is 6.29 Å². The Bertz CT molecular complexity index is 594. The summed E-state index contributed by atoms with van der Waals surface area (Å²) in [4.78, 5) is 10.7. The molecule has 0 aliphatic heterocycles. The molecule has 0 aliphatic rings. The summed E-state index contributed by atoms with van der Waals surface area (Å²) >= 11 is 0. The van der Waals surface area contributed by atoms with Crippen molar-refractivity contribution in [3.05, 3.63) is 53.6 Å². The highest BCUT2D eigenvalue weighted by Crippen LogP contribution is 2.32. The van der Waals surface area contributed by atoms with Crippen LogP contribution in [-0.2, 0) is 0 Å². The molecular weight excluding hydrogens is 238 g/mol. The molecular formula is C14H10F2O2. The minimum absolute atomic E-state index is 0.0653. The van der Waals surface area contributed by atoms with Gasteiger partial charge in [0.1, 0.15) is 23.7 Å². The van der Waals surface area contributed by atoms with Gasteiger partial charge in [-0.25, -0.2) is 8.78 Å². The average Bonchev–Trinajstić information content (AvgIpc) is 2.40. The Balaban J connectivity index is 2.67. The Morgan fingerprint density at radius 3 is 2.50 bits per heavy atom. The lowest BCUT2D eigenvalue weighted by molar-refractivity contribution is 0.112. The van der Waals surface area contributed by atoms with Gasteiger partial charge in [-0.1, -0.05) is 0 Å². The third kappa shape index (κ3) is 2.22. The average molecular weight is 248 g/mol. The topological polar surface area (TPSA) is 26.3 Å². The minimum Gasteiger partial charge on any atom is -0.496 e. The highest BCUT2D eigenvalue weighted by Gasteiger charge is 2.12. The first-order chi connectivity index (χ1) is 8.65. The maximum absolute atomic E-state index is 13.7. The van der Waals surface area contributed by atoms with E-state index in [4.69, 9.17) is 4.74 Å². The van der Waals surface area contributed by atoms with Crippen molar-refractivity contribution in [2.75, 3.05) is 7.11 Å². The number of aldehydes is 1. The van der Waals surface area contributed by atoms with E-state index in [1.807, 2.05) is 0 Å². The van der Waals surface area contributed by atoms with Gasteiger partial charge in [0.2, 0.25) is 0 Å². The molecule has 2 nitrogen and oxygen atoms in total. The van der Waals surface area contributed by atoms with Crippen molar-refractivity contribution in [3.63, 3.8) is 0 Å². The molecule has 2 rings (SSSR count).